The van der Waals surface area contributed by atoms with Gasteiger partial charge in [0.2, 0.25) is 0 Å². The molecule has 0 radical (unpaired) electrons. The van der Waals surface area contributed by atoms with Crippen molar-refractivity contribution < 1.29 is 10.2 Å². The van der Waals surface area contributed by atoms with Crippen molar-refractivity contribution in [3.63, 3.8) is 0 Å². The molecule has 0 saturated heterocycles. The minimum absolute atomic E-state index is 0.0591. The minimum atomic E-state index is -0.0848. The lowest BCUT2D eigenvalue weighted by Gasteiger charge is -2.10. The van der Waals surface area contributed by atoms with Crippen molar-refractivity contribution in [2.45, 2.75) is 13.8 Å². The maximum atomic E-state index is 9.82. The maximum Gasteiger partial charge on any atom is 0.165 e. The lowest BCUT2D eigenvalue weighted by molar-refractivity contribution is 0.405. The van der Waals surface area contributed by atoms with Gasteiger partial charge in [0, 0.05) is 5.56 Å². The van der Waals surface area contributed by atoms with Crippen LogP contribution in [0.4, 0.5) is 0 Å². The van der Waals surface area contributed by atoms with Gasteiger partial charge < -0.3 is 10.2 Å². The normalized spacial score (nSPS) is 10.4. The van der Waals surface area contributed by atoms with Crippen molar-refractivity contribution in [2.75, 3.05) is 0 Å². The maximum absolute atomic E-state index is 9.82. The van der Waals surface area contributed by atoms with Crippen LogP contribution < -0.4 is 0 Å². The summed E-state index contributed by atoms with van der Waals surface area (Å²) in [6, 6.07) is 11.0. The molecule has 0 aromatic heterocycles. The van der Waals surface area contributed by atoms with Crippen LogP contribution in [-0.2, 0) is 0 Å². The Kier molecular flexibility index (Phi) is 2.57. The van der Waals surface area contributed by atoms with E-state index in [4.69, 9.17) is 0 Å². The molecule has 2 aromatic carbocycles. The van der Waals surface area contributed by atoms with Gasteiger partial charge >= 0.3 is 0 Å². The van der Waals surface area contributed by atoms with Crippen molar-refractivity contribution in [1.82, 2.24) is 0 Å². The van der Waals surface area contributed by atoms with Gasteiger partial charge in [0.25, 0.3) is 0 Å². The second-order valence-corrected chi connectivity index (χ2v) is 3.99. The van der Waals surface area contributed by atoms with Crippen LogP contribution >= 0.6 is 0 Å². The average Bonchev–Trinajstić information content (AvgIpc) is 2.26. The topological polar surface area (TPSA) is 40.5 Å². The third kappa shape index (κ3) is 1.74. The summed E-state index contributed by atoms with van der Waals surface area (Å²) >= 11 is 0. The molecule has 2 N–H and O–H groups in total. The fourth-order valence-corrected chi connectivity index (χ4v) is 1.77. The first-order chi connectivity index (χ1) is 7.59. The highest BCUT2D eigenvalue weighted by molar-refractivity contribution is 5.75. The molecule has 0 saturated carbocycles. The summed E-state index contributed by atoms with van der Waals surface area (Å²) in [6.45, 7) is 3.99. The fraction of sp³-hybridized carbons (Fsp3) is 0.143. The number of phenolic OH excluding ortho intramolecular Hbond substituents is 2. The molecular weight excluding hydrogens is 200 g/mol. The van der Waals surface area contributed by atoms with Crippen LogP contribution in [0.25, 0.3) is 11.1 Å². The Morgan fingerprint density at radius 2 is 1.62 bits per heavy atom. The summed E-state index contributed by atoms with van der Waals surface area (Å²) in [5.74, 6) is -0.144. The lowest BCUT2D eigenvalue weighted by Crippen LogP contribution is -1.85. The van der Waals surface area contributed by atoms with E-state index < -0.39 is 0 Å². The Balaban J connectivity index is 2.67. The summed E-state index contributed by atoms with van der Waals surface area (Å²) in [5.41, 5.74) is 3.82. The van der Waals surface area contributed by atoms with Gasteiger partial charge in [-0.1, -0.05) is 35.9 Å². The van der Waals surface area contributed by atoms with Gasteiger partial charge in [-0.15, -0.1) is 0 Å². The van der Waals surface area contributed by atoms with Gasteiger partial charge in [-0.2, -0.15) is 0 Å². The van der Waals surface area contributed by atoms with Crippen LogP contribution in [0.15, 0.2) is 36.4 Å². The summed E-state index contributed by atoms with van der Waals surface area (Å²) in [4.78, 5) is 0. The zero-order valence-corrected chi connectivity index (χ0v) is 9.36. The number of hydrogen-bond acceptors (Lipinski definition) is 2. The molecule has 0 spiro atoms. The molecule has 0 aliphatic heterocycles. The first kappa shape index (κ1) is 10.6. The second-order valence-electron chi connectivity index (χ2n) is 3.99. The largest absolute Gasteiger partial charge is 0.504 e. The Bertz CT molecular complexity index is 530. The highest BCUT2D eigenvalue weighted by Crippen LogP contribution is 2.37. The first-order valence-corrected chi connectivity index (χ1v) is 5.18. The highest BCUT2D eigenvalue weighted by Gasteiger charge is 2.10. The number of hydrogen-bond donors (Lipinski definition) is 2. The minimum Gasteiger partial charge on any atom is -0.504 e. The fourth-order valence-electron chi connectivity index (χ4n) is 1.77. The van der Waals surface area contributed by atoms with Gasteiger partial charge in [0.1, 0.15) is 0 Å². The zero-order valence-electron chi connectivity index (χ0n) is 9.36. The third-order valence-electron chi connectivity index (χ3n) is 2.70. The number of rotatable bonds is 1. The molecule has 0 fully saturated rings. The molecule has 0 aliphatic rings. The number of phenols is 2. The number of aromatic hydroxyl groups is 2. The van der Waals surface area contributed by atoms with Crippen LogP contribution in [0.3, 0.4) is 0 Å². The zero-order chi connectivity index (χ0) is 11.7. The molecule has 0 unspecified atom stereocenters. The average molecular weight is 214 g/mol. The molecule has 2 rings (SSSR count). The Labute approximate surface area is 94.8 Å². The molecule has 0 bridgehead atoms. The molecule has 0 aliphatic carbocycles. The highest BCUT2D eigenvalue weighted by atomic mass is 16.3. The van der Waals surface area contributed by atoms with Crippen LogP contribution in [0.5, 0.6) is 11.5 Å². The smallest absolute Gasteiger partial charge is 0.165 e. The van der Waals surface area contributed by atoms with Gasteiger partial charge in [0.15, 0.2) is 11.5 Å². The number of benzene rings is 2. The van der Waals surface area contributed by atoms with Crippen molar-refractivity contribution in [2.24, 2.45) is 0 Å². The Morgan fingerprint density at radius 3 is 2.38 bits per heavy atom. The monoisotopic (exact) mass is 214 g/mol. The van der Waals surface area contributed by atoms with Crippen LogP contribution in [0.2, 0.25) is 0 Å². The summed E-state index contributed by atoms with van der Waals surface area (Å²) in [5, 5.41) is 19.3. The van der Waals surface area contributed by atoms with E-state index in [0.29, 0.717) is 5.56 Å². The van der Waals surface area contributed by atoms with E-state index in [-0.39, 0.29) is 11.5 Å². The second kappa shape index (κ2) is 3.89. The predicted octanol–water partition coefficient (Wildman–Crippen LogP) is 3.38. The molecule has 0 atom stereocenters. The first-order valence-electron chi connectivity index (χ1n) is 5.18. The van der Waals surface area contributed by atoms with E-state index in [9.17, 15) is 10.2 Å². The Hall–Kier alpha value is -1.96. The molecular formula is C14H14O2. The van der Waals surface area contributed by atoms with Crippen LogP contribution in [-0.4, -0.2) is 10.2 Å². The predicted molar refractivity (Wildman–Crippen MR) is 64.7 cm³/mol. The number of para-hydroxylation sites is 1. The number of aryl methyl sites for hydroxylation is 2. The van der Waals surface area contributed by atoms with Crippen molar-refractivity contribution in [3.05, 3.63) is 47.5 Å². The molecule has 0 heterocycles. The van der Waals surface area contributed by atoms with Crippen molar-refractivity contribution in [3.8, 4) is 22.6 Å². The standard InChI is InChI=1S/C14H14O2/c1-9-6-7-10(2)12(8-9)11-4-3-5-13(15)14(11)16/h3-8,15-16H,1-2H3. The summed E-state index contributed by atoms with van der Waals surface area (Å²) in [7, 11) is 0. The van der Waals surface area contributed by atoms with E-state index >= 15 is 0 Å². The van der Waals surface area contributed by atoms with Gasteiger partial charge in [-0.25, -0.2) is 0 Å². The Morgan fingerprint density at radius 1 is 0.875 bits per heavy atom. The van der Waals surface area contributed by atoms with Crippen molar-refractivity contribution >= 4 is 0 Å². The lowest BCUT2D eigenvalue weighted by atomic mass is 9.97. The quantitative estimate of drug-likeness (QED) is 0.714. The molecule has 2 nitrogen and oxygen atoms in total. The van der Waals surface area contributed by atoms with Crippen LogP contribution in [0, 0.1) is 13.8 Å². The molecule has 0 amide bonds. The van der Waals surface area contributed by atoms with E-state index in [0.717, 1.165) is 16.7 Å². The summed E-state index contributed by atoms with van der Waals surface area (Å²) < 4.78 is 0. The molecule has 2 heteroatoms. The van der Waals surface area contributed by atoms with Gasteiger partial charge in [-0.3, -0.25) is 0 Å². The molecule has 2 aromatic rings. The van der Waals surface area contributed by atoms with E-state index in [1.807, 2.05) is 32.0 Å². The van der Waals surface area contributed by atoms with Crippen LogP contribution in [0.1, 0.15) is 11.1 Å². The van der Waals surface area contributed by atoms with Crippen molar-refractivity contribution in [1.29, 1.82) is 0 Å². The summed E-state index contributed by atoms with van der Waals surface area (Å²) in [6.07, 6.45) is 0. The third-order valence-corrected chi connectivity index (χ3v) is 2.70. The molecule has 82 valence electrons. The molecule has 16 heavy (non-hydrogen) atoms. The van der Waals surface area contributed by atoms with E-state index in [1.165, 1.54) is 6.07 Å². The SMILES string of the molecule is Cc1ccc(C)c(-c2cccc(O)c2O)c1. The van der Waals surface area contributed by atoms with E-state index in [2.05, 4.69) is 0 Å². The van der Waals surface area contributed by atoms with Gasteiger partial charge in [0.05, 0.1) is 0 Å². The van der Waals surface area contributed by atoms with E-state index in [1.54, 1.807) is 12.1 Å². The van der Waals surface area contributed by atoms with Gasteiger partial charge in [-0.05, 0) is 31.0 Å².